The number of hydrogen-bond donors (Lipinski definition) is 3. The van der Waals surface area contributed by atoms with Crippen molar-refractivity contribution in [1.29, 1.82) is 0 Å². The van der Waals surface area contributed by atoms with E-state index in [9.17, 15) is 10.0 Å². The number of rotatable bonds is 3. The Morgan fingerprint density at radius 3 is 2.86 bits per heavy atom. The molecule has 7 nitrogen and oxygen atoms in total. The van der Waals surface area contributed by atoms with Gasteiger partial charge < -0.3 is 16.3 Å². The van der Waals surface area contributed by atoms with E-state index in [0.717, 1.165) is 5.56 Å². The van der Waals surface area contributed by atoms with E-state index < -0.39 is 5.56 Å². The molecule has 0 radical (unpaired) electrons. The Bertz CT molecular complexity index is 904. The highest BCUT2D eigenvalue weighted by molar-refractivity contribution is 5.90. The fraction of sp³-hybridized carbons (Fsp3) is 0.133. The van der Waals surface area contributed by atoms with Crippen molar-refractivity contribution in [3.05, 3.63) is 58.3 Å². The molecule has 112 valence electrons. The highest BCUT2D eigenvalue weighted by Gasteiger charge is 2.12. The molecule has 0 saturated heterocycles. The normalized spacial score (nSPS) is 10.8. The largest absolute Gasteiger partial charge is 0.423 e. The standard InChI is InChI=1S/C15H15N5O2/c1-9-14-12(17-7-10-4-2-3-5-11(10)16)6-13(21)20(22)15(14)19-8-18-9/h2-6,8,17,22H,7,16H2,1H3. The maximum Gasteiger partial charge on any atom is 0.286 e. The van der Waals surface area contributed by atoms with Crippen LogP contribution in [-0.4, -0.2) is 19.9 Å². The van der Waals surface area contributed by atoms with E-state index in [1.165, 1.54) is 12.4 Å². The minimum absolute atomic E-state index is 0.170. The fourth-order valence-corrected chi connectivity index (χ4v) is 2.32. The molecule has 2 heterocycles. The van der Waals surface area contributed by atoms with Crippen molar-refractivity contribution in [2.24, 2.45) is 0 Å². The number of fused-ring (bicyclic) bond motifs is 1. The summed E-state index contributed by atoms with van der Waals surface area (Å²) in [6, 6.07) is 8.79. The Hall–Kier alpha value is -3.09. The lowest BCUT2D eigenvalue weighted by molar-refractivity contribution is 0.186. The quantitative estimate of drug-likeness (QED) is 0.500. The van der Waals surface area contributed by atoms with Crippen molar-refractivity contribution in [2.75, 3.05) is 11.1 Å². The van der Waals surface area contributed by atoms with Gasteiger partial charge in [-0.25, -0.2) is 9.97 Å². The van der Waals surface area contributed by atoms with Crippen LogP contribution in [0.5, 0.6) is 0 Å². The Morgan fingerprint density at radius 2 is 2.09 bits per heavy atom. The van der Waals surface area contributed by atoms with Crippen molar-refractivity contribution < 1.29 is 5.21 Å². The van der Waals surface area contributed by atoms with Gasteiger partial charge in [0.2, 0.25) is 0 Å². The van der Waals surface area contributed by atoms with Crippen LogP contribution in [0.25, 0.3) is 11.0 Å². The van der Waals surface area contributed by atoms with Crippen LogP contribution in [0.4, 0.5) is 11.4 Å². The number of aromatic nitrogens is 3. The monoisotopic (exact) mass is 297 g/mol. The van der Waals surface area contributed by atoms with E-state index in [-0.39, 0.29) is 5.65 Å². The minimum atomic E-state index is -0.561. The summed E-state index contributed by atoms with van der Waals surface area (Å²) in [5, 5.41) is 13.6. The number of anilines is 2. The molecule has 0 atom stereocenters. The first-order valence-electron chi connectivity index (χ1n) is 6.72. The van der Waals surface area contributed by atoms with Crippen LogP contribution in [0.1, 0.15) is 11.3 Å². The molecule has 0 spiro atoms. The predicted octanol–water partition coefficient (Wildman–Crippen LogP) is 1.53. The summed E-state index contributed by atoms with van der Waals surface area (Å²) in [7, 11) is 0. The van der Waals surface area contributed by atoms with E-state index in [1.54, 1.807) is 6.92 Å². The molecule has 3 aromatic rings. The number of aryl methyl sites for hydroxylation is 1. The maximum atomic E-state index is 11.8. The molecule has 0 amide bonds. The highest BCUT2D eigenvalue weighted by Crippen LogP contribution is 2.23. The molecule has 0 aliphatic rings. The number of para-hydroxylation sites is 1. The summed E-state index contributed by atoms with van der Waals surface area (Å²) < 4.78 is 0.520. The number of benzene rings is 1. The van der Waals surface area contributed by atoms with Crippen molar-refractivity contribution >= 4 is 22.4 Å². The lowest BCUT2D eigenvalue weighted by Gasteiger charge is -2.13. The summed E-state index contributed by atoms with van der Waals surface area (Å²) in [6.07, 6.45) is 1.31. The third-order valence-electron chi connectivity index (χ3n) is 3.49. The van der Waals surface area contributed by atoms with Gasteiger partial charge in [-0.3, -0.25) is 4.79 Å². The number of nitrogens with one attached hydrogen (secondary N) is 1. The smallest absolute Gasteiger partial charge is 0.286 e. The van der Waals surface area contributed by atoms with Crippen LogP contribution >= 0.6 is 0 Å². The first-order chi connectivity index (χ1) is 10.6. The van der Waals surface area contributed by atoms with Crippen LogP contribution in [0.15, 0.2) is 41.5 Å². The first-order valence-corrected chi connectivity index (χ1v) is 6.72. The van der Waals surface area contributed by atoms with Crippen LogP contribution in [-0.2, 0) is 6.54 Å². The fourth-order valence-electron chi connectivity index (χ4n) is 2.32. The molecule has 7 heteroatoms. The topological polar surface area (TPSA) is 106 Å². The van der Waals surface area contributed by atoms with Gasteiger partial charge in [-0.2, -0.15) is 0 Å². The van der Waals surface area contributed by atoms with Crippen molar-refractivity contribution in [1.82, 2.24) is 14.7 Å². The molecule has 1 aromatic carbocycles. The molecule has 0 bridgehead atoms. The zero-order valence-corrected chi connectivity index (χ0v) is 11.9. The van der Waals surface area contributed by atoms with Gasteiger partial charge in [0.1, 0.15) is 6.33 Å². The molecule has 0 aliphatic heterocycles. The zero-order valence-electron chi connectivity index (χ0n) is 11.9. The summed E-state index contributed by atoms with van der Waals surface area (Å²) in [5.41, 5.74) is 8.33. The summed E-state index contributed by atoms with van der Waals surface area (Å²) in [5.74, 6) is 0. The Kier molecular flexibility index (Phi) is 3.38. The van der Waals surface area contributed by atoms with Crippen molar-refractivity contribution in [3.8, 4) is 0 Å². The Labute approximate surface area is 126 Å². The number of nitrogens with zero attached hydrogens (tertiary/aromatic N) is 3. The number of nitrogen functional groups attached to an aromatic ring is 1. The van der Waals surface area contributed by atoms with E-state index in [0.29, 0.717) is 33.7 Å². The van der Waals surface area contributed by atoms with Gasteiger partial charge in [-0.05, 0) is 18.6 Å². The molecular formula is C15H15N5O2. The van der Waals surface area contributed by atoms with Gasteiger partial charge >= 0.3 is 0 Å². The Morgan fingerprint density at radius 1 is 1.32 bits per heavy atom. The van der Waals surface area contributed by atoms with E-state index in [2.05, 4.69) is 15.3 Å². The highest BCUT2D eigenvalue weighted by atomic mass is 16.5. The van der Waals surface area contributed by atoms with Gasteiger partial charge in [0.05, 0.1) is 16.8 Å². The molecule has 3 rings (SSSR count). The molecule has 2 aromatic heterocycles. The molecular weight excluding hydrogens is 282 g/mol. The third kappa shape index (κ3) is 2.32. The lowest BCUT2D eigenvalue weighted by Crippen LogP contribution is -2.20. The SMILES string of the molecule is Cc1ncnc2c1c(NCc1ccccc1N)cc(=O)n2O. The Balaban J connectivity index is 2.06. The molecule has 22 heavy (non-hydrogen) atoms. The lowest BCUT2D eigenvalue weighted by atomic mass is 10.1. The van der Waals surface area contributed by atoms with Gasteiger partial charge in [0, 0.05) is 18.3 Å². The van der Waals surface area contributed by atoms with Crippen LogP contribution in [0, 0.1) is 6.92 Å². The molecule has 0 fully saturated rings. The van der Waals surface area contributed by atoms with Crippen molar-refractivity contribution in [3.63, 3.8) is 0 Å². The summed E-state index contributed by atoms with van der Waals surface area (Å²) >= 11 is 0. The molecule has 0 saturated carbocycles. The average molecular weight is 297 g/mol. The minimum Gasteiger partial charge on any atom is -0.423 e. The number of hydrogen-bond acceptors (Lipinski definition) is 6. The summed E-state index contributed by atoms with van der Waals surface area (Å²) in [6.45, 7) is 2.24. The van der Waals surface area contributed by atoms with E-state index in [4.69, 9.17) is 5.73 Å². The van der Waals surface area contributed by atoms with E-state index >= 15 is 0 Å². The third-order valence-corrected chi connectivity index (χ3v) is 3.49. The van der Waals surface area contributed by atoms with Gasteiger partial charge in [-0.15, -0.1) is 4.73 Å². The molecule has 0 aliphatic carbocycles. The second kappa shape index (κ2) is 5.36. The van der Waals surface area contributed by atoms with Crippen LogP contribution in [0.3, 0.4) is 0 Å². The first kappa shape index (κ1) is 13.9. The van der Waals surface area contributed by atoms with Crippen LogP contribution in [0.2, 0.25) is 0 Å². The van der Waals surface area contributed by atoms with Gasteiger partial charge in [-0.1, -0.05) is 18.2 Å². The van der Waals surface area contributed by atoms with Gasteiger partial charge in [0.25, 0.3) is 5.56 Å². The van der Waals surface area contributed by atoms with Gasteiger partial charge in [0.15, 0.2) is 5.65 Å². The van der Waals surface area contributed by atoms with Crippen LogP contribution < -0.4 is 16.6 Å². The predicted molar refractivity (Wildman–Crippen MR) is 83.9 cm³/mol. The molecule has 4 N–H and O–H groups in total. The summed E-state index contributed by atoms with van der Waals surface area (Å²) in [4.78, 5) is 19.9. The zero-order chi connectivity index (χ0) is 15.7. The number of pyridine rings is 1. The van der Waals surface area contributed by atoms with Crippen molar-refractivity contribution in [2.45, 2.75) is 13.5 Å². The maximum absolute atomic E-state index is 11.8. The molecule has 0 unspecified atom stereocenters. The average Bonchev–Trinajstić information content (AvgIpc) is 2.51. The second-order valence-corrected chi connectivity index (χ2v) is 4.92. The second-order valence-electron chi connectivity index (χ2n) is 4.92. The van der Waals surface area contributed by atoms with E-state index in [1.807, 2.05) is 24.3 Å². The number of nitrogens with two attached hydrogens (primary N) is 1.